The Balaban J connectivity index is -0.0000000450. The maximum absolute atomic E-state index is 8.68. The minimum Gasteiger partial charge on any atom is -0.396 e. The van der Waals surface area contributed by atoms with Crippen LogP contribution in [-0.4, -0.2) is 10.3 Å². The first-order valence-electron chi connectivity index (χ1n) is 1.43. The van der Waals surface area contributed by atoms with Crippen LogP contribution < -0.4 is 83.8 Å². The normalized spacial score (nSPS) is 8.31. The summed E-state index contributed by atoms with van der Waals surface area (Å²) in [6.45, 7) is 0. The molecule has 13 heavy (non-hydrogen) atoms. The monoisotopic (exact) mass is 669 g/mol. The number of halogens is 3. The first-order chi connectivity index (χ1) is 5.20. The van der Waals surface area contributed by atoms with Crippen LogP contribution in [-0.2, 0) is 0 Å². The van der Waals surface area contributed by atoms with Crippen LogP contribution in [0.3, 0.4) is 0 Å². The van der Waals surface area contributed by atoms with E-state index in [9.17, 15) is 0 Å². The van der Waals surface area contributed by atoms with Gasteiger partial charge in [-0.2, -0.15) is 0 Å². The molecule has 0 unspecified atom stereocenters. The van der Waals surface area contributed by atoms with E-state index in [4.69, 9.17) is 30.9 Å². The van der Waals surface area contributed by atoms with Crippen LogP contribution in [0.2, 0.25) is 0 Å². The van der Waals surface area contributed by atoms with Crippen LogP contribution in [0, 0.1) is 41.3 Å². The fourth-order valence-corrected chi connectivity index (χ4v) is 0. The van der Waals surface area contributed by atoms with Crippen molar-refractivity contribution >= 4 is 0 Å². The molecule has 0 heterocycles. The Morgan fingerprint density at radius 3 is 0.538 bits per heavy atom. The van der Waals surface area contributed by atoms with Crippen molar-refractivity contribution in [1.82, 2.24) is 0 Å². The third-order valence-electron chi connectivity index (χ3n) is 0. The predicted molar refractivity (Wildman–Crippen MR) is 6.66 cm³/mol. The number of hydrogen-bond acceptors (Lipinski definition) is 9. The van der Waals surface area contributed by atoms with Gasteiger partial charge in [0.05, 0.1) is 0 Å². The molecule has 0 aliphatic rings. The van der Waals surface area contributed by atoms with E-state index in [0.717, 1.165) is 0 Å². The van der Waals surface area contributed by atoms with Crippen molar-refractivity contribution in [2.45, 2.75) is 0 Å². The molecule has 0 atom stereocenters. The van der Waals surface area contributed by atoms with Gasteiger partial charge in [0.25, 0.3) is 0 Å². The predicted octanol–water partition coefficient (Wildman–Crippen LogP) is -17.8. The molecule has 3 N–H and O–H groups in total. The molecular formula is H3I3O9Pr. The first-order valence-corrected chi connectivity index (χ1v) is 9.61. The van der Waals surface area contributed by atoms with E-state index >= 15 is 0 Å². The molecule has 0 aromatic carbocycles. The maximum atomic E-state index is 8.68. The Morgan fingerprint density at radius 1 is 0.538 bits per heavy atom. The molecule has 0 rings (SSSR count). The van der Waals surface area contributed by atoms with Crippen molar-refractivity contribution in [3.05, 3.63) is 0 Å². The smallest absolute Gasteiger partial charge is 0.396 e. The van der Waals surface area contributed by atoms with Gasteiger partial charge in [-0.3, -0.25) is 0 Å². The number of hydrogen-bond donors (Lipinski definition) is 3. The third kappa shape index (κ3) is 259. The standard InChI is InChI=1S/3HIO3.Pr/c3*2-1(3)4;/h3*2H;. The zero-order valence-electron chi connectivity index (χ0n) is 5.50. The Labute approximate surface area is 132 Å². The maximum Gasteiger partial charge on any atom is 0.503 e. The minimum atomic E-state index is -3.76. The fraction of sp³-hybridized carbons (Fsp3) is 0. The Hall–Kier alpha value is 3.19. The molecule has 13 heteroatoms. The quantitative estimate of drug-likeness (QED) is 0.210. The van der Waals surface area contributed by atoms with E-state index in [1.165, 1.54) is 0 Å². The molecule has 0 saturated heterocycles. The Bertz CT molecular complexity index is 43.4. The summed E-state index contributed by atoms with van der Waals surface area (Å²) in [7, 11) is 0. The summed E-state index contributed by atoms with van der Waals surface area (Å²) in [5.74, 6) is 0. The summed E-state index contributed by atoms with van der Waals surface area (Å²) >= 11 is -11.3. The van der Waals surface area contributed by atoms with Crippen LogP contribution in [0.15, 0.2) is 0 Å². The summed E-state index contributed by atoms with van der Waals surface area (Å²) in [6.07, 6.45) is 0. The number of rotatable bonds is 0. The van der Waals surface area contributed by atoms with Gasteiger partial charge in [0.1, 0.15) is 0 Å². The van der Waals surface area contributed by atoms with E-state index in [1.54, 1.807) is 0 Å². The van der Waals surface area contributed by atoms with Crippen LogP contribution in [0.5, 0.6) is 0 Å². The van der Waals surface area contributed by atoms with E-state index in [1.807, 2.05) is 0 Å². The van der Waals surface area contributed by atoms with Gasteiger partial charge in [0, 0.05) is 41.3 Å². The van der Waals surface area contributed by atoms with Crippen LogP contribution in [0.1, 0.15) is 0 Å². The molecule has 0 saturated carbocycles. The molecular weight excluding hydrogens is 666 g/mol. The van der Waals surface area contributed by atoms with Crippen molar-refractivity contribution in [3.63, 3.8) is 0 Å². The Kier molecular flexibility index (Phi) is 39.8. The molecule has 0 amide bonds. The van der Waals surface area contributed by atoms with Gasteiger partial charge in [0.2, 0.25) is 0 Å². The summed E-state index contributed by atoms with van der Waals surface area (Å²) in [5.41, 5.74) is 0. The molecule has 81 valence electrons. The largest absolute Gasteiger partial charge is 0.503 e. The molecule has 0 aromatic rings. The zero-order chi connectivity index (χ0) is 10.7. The molecule has 0 bridgehead atoms. The molecule has 0 fully saturated rings. The summed E-state index contributed by atoms with van der Waals surface area (Å²) in [4.78, 5) is 0. The van der Waals surface area contributed by atoms with Crippen molar-refractivity contribution in [3.8, 4) is 0 Å². The van der Waals surface area contributed by atoms with Crippen molar-refractivity contribution in [2.24, 2.45) is 0 Å². The van der Waals surface area contributed by atoms with Gasteiger partial charge < -0.3 is 20.6 Å². The molecule has 9 nitrogen and oxygen atoms in total. The average Bonchev–Trinajstić information content (AvgIpc) is 1.54. The van der Waals surface area contributed by atoms with Gasteiger partial charge >= 0.3 is 63.2 Å². The summed E-state index contributed by atoms with van der Waals surface area (Å²) in [6, 6.07) is 0. The molecule has 0 aromatic heterocycles. The molecule has 1 radical (unpaired) electrons. The van der Waals surface area contributed by atoms with Crippen molar-refractivity contribution in [1.29, 1.82) is 0 Å². The van der Waals surface area contributed by atoms with Gasteiger partial charge in [-0.25, -0.2) is 0 Å². The van der Waals surface area contributed by atoms with Gasteiger partial charge in [-0.1, -0.05) is 0 Å². The van der Waals surface area contributed by atoms with Gasteiger partial charge in [-0.15, -0.1) is 0 Å². The average molecular weight is 669 g/mol. The molecule has 0 aliphatic heterocycles. The Morgan fingerprint density at radius 2 is 0.538 bits per heavy atom. The van der Waals surface area contributed by atoms with E-state index in [-0.39, 0.29) is 41.3 Å². The second-order valence-electron chi connectivity index (χ2n) is 0.603. The molecule has 0 aliphatic carbocycles. The second-order valence-corrected chi connectivity index (χ2v) is 4.05. The minimum absolute atomic E-state index is 0. The van der Waals surface area contributed by atoms with E-state index < -0.39 is 63.2 Å². The SMILES string of the molecule is [O-][I+2]([O-])O.[O-][I+2]([O-])O.[O-][I+2]([O-])O.[Pr]. The fourth-order valence-electron chi connectivity index (χ4n) is 0. The van der Waals surface area contributed by atoms with Crippen LogP contribution in [0.25, 0.3) is 0 Å². The van der Waals surface area contributed by atoms with Crippen molar-refractivity contribution in [2.75, 3.05) is 0 Å². The third-order valence-corrected chi connectivity index (χ3v) is 0. The van der Waals surface area contributed by atoms with Gasteiger partial charge in [0.15, 0.2) is 0 Å². The van der Waals surface area contributed by atoms with Crippen LogP contribution in [0.4, 0.5) is 0 Å². The van der Waals surface area contributed by atoms with Gasteiger partial charge in [-0.05, 0) is 10.3 Å². The van der Waals surface area contributed by atoms with Crippen molar-refractivity contribution < 1.29 is 135 Å². The van der Waals surface area contributed by atoms with Crippen LogP contribution >= 0.6 is 0 Å². The van der Waals surface area contributed by atoms with E-state index in [2.05, 4.69) is 0 Å². The molecule has 0 spiro atoms. The van der Waals surface area contributed by atoms with E-state index in [0.29, 0.717) is 0 Å². The topological polar surface area (TPSA) is 199 Å². The summed E-state index contributed by atoms with van der Waals surface area (Å²) in [5, 5.41) is 0. The second kappa shape index (κ2) is 20.6. The summed E-state index contributed by atoms with van der Waals surface area (Å²) < 4.78 is 73.4. The zero-order valence-corrected chi connectivity index (χ0v) is 15.7. The first kappa shape index (κ1) is 25.1.